The quantitative estimate of drug-likeness (QED) is 0.121. The Balaban J connectivity index is 1.23. The van der Waals surface area contributed by atoms with Crippen molar-refractivity contribution in [3.8, 4) is 0 Å². The summed E-state index contributed by atoms with van der Waals surface area (Å²) in [5.74, 6) is -0.470. The minimum absolute atomic E-state index is 0.123. The van der Waals surface area contributed by atoms with E-state index in [1.54, 1.807) is 4.90 Å². The Morgan fingerprint density at radius 2 is 1.44 bits per heavy atom. The van der Waals surface area contributed by atoms with E-state index in [9.17, 15) is 27.6 Å². The molecule has 1 aliphatic heterocycles. The van der Waals surface area contributed by atoms with Gasteiger partial charge in [-0.05, 0) is 24.6 Å². The summed E-state index contributed by atoms with van der Waals surface area (Å²) in [5, 5.41) is 0. The Kier molecular flexibility index (Phi) is 15.0. The number of aromatic nitrogens is 1. The molecule has 0 spiro atoms. The molecule has 0 atom stereocenters. The molecule has 0 aliphatic carbocycles. The number of nitrogens with zero attached hydrogens (tertiary/aromatic N) is 3. The summed E-state index contributed by atoms with van der Waals surface area (Å²) in [6.07, 6.45) is 12.3. The highest BCUT2D eigenvalue weighted by Gasteiger charge is 2.31. The summed E-state index contributed by atoms with van der Waals surface area (Å²) in [4.78, 5) is 40.7. The standard InChI is InChI=1S/C32H48F3N3O4S/c1-2-3-4-5-6-7-8-9-10-11-12-13-14-15-30(40)42-23-22-36-18-20-37(21-19-36)29(39)25-38-27-24-26(32(33,34)35)16-17-28(27)43-31(38)41/h16-17,24H,2-15,18-23,25H2,1H3. The zero-order valence-corrected chi connectivity index (χ0v) is 26.4. The summed E-state index contributed by atoms with van der Waals surface area (Å²) >= 11 is 0.831. The summed E-state index contributed by atoms with van der Waals surface area (Å²) in [5.41, 5.74) is -0.727. The molecule has 1 aromatic heterocycles. The fraction of sp³-hybridized carbons (Fsp3) is 0.719. The van der Waals surface area contributed by atoms with Crippen molar-refractivity contribution in [1.82, 2.24) is 14.4 Å². The van der Waals surface area contributed by atoms with Crippen molar-refractivity contribution < 1.29 is 27.5 Å². The highest BCUT2D eigenvalue weighted by molar-refractivity contribution is 7.16. The number of fused-ring (bicyclic) bond motifs is 1. The zero-order valence-electron chi connectivity index (χ0n) is 25.6. The van der Waals surface area contributed by atoms with Crippen LogP contribution in [0.1, 0.15) is 102 Å². The van der Waals surface area contributed by atoms with E-state index in [0.29, 0.717) is 50.5 Å². The lowest BCUT2D eigenvalue weighted by atomic mass is 10.0. The molecule has 1 aliphatic rings. The first-order chi connectivity index (χ1) is 20.7. The monoisotopic (exact) mass is 627 g/mol. The van der Waals surface area contributed by atoms with Crippen LogP contribution in [0.4, 0.5) is 13.2 Å². The molecule has 242 valence electrons. The molecule has 1 aromatic carbocycles. The number of ether oxygens (including phenoxy) is 1. The number of piperazine rings is 1. The summed E-state index contributed by atoms with van der Waals surface area (Å²) in [6.45, 7) is 4.92. The molecule has 7 nitrogen and oxygen atoms in total. The number of benzene rings is 1. The van der Waals surface area contributed by atoms with Crippen LogP contribution in [0, 0.1) is 0 Å². The number of thiazole rings is 1. The van der Waals surface area contributed by atoms with Gasteiger partial charge in [0.2, 0.25) is 5.91 Å². The van der Waals surface area contributed by atoms with Crippen molar-refractivity contribution in [2.75, 3.05) is 39.3 Å². The molecule has 0 saturated carbocycles. The van der Waals surface area contributed by atoms with Crippen molar-refractivity contribution in [2.24, 2.45) is 0 Å². The fourth-order valence-electron chi connectivity index (χ4n) is 5.49. The van der Waals surface area contributed by atoms with Gasteiger partial charge in [-0.15, -0.1) is 0 Å². The number of esters is 1. The van der Waals surface area contributed by atoms with Crippen molar-refractivity contribution in [1.29, 1.82) is 0 Å². The molecule has 2 heterocycles. The Morgan fingerprint density at radius 1 is 0.860 bits per heavy atom. The number of carbonyl (C=O) groups excluding carboxylic acids is 2. The van der Waals surface area contributed by atoms with Gasteiger partial charge in [-0.25, -0.2) is 0 Å². The molecule has 11 heteroatoms. The lowest BCUT2D eigenvalue weighted by molar-refractivity contribution is -0.144. The van der Waals surface area contributed by atoms with E-state index in [1.165, 1.54) is 76.7 Å². The Labute approximate surface area is 257 Å². The summed E-state index contributed by atoms with van der Waals surface area (Å²) in [6, 6.07) is 3.15. The molecule has 0 unspecified atom stereocenters. The molecular weight excluding hydrogens is 579 g/mol. The molecule has 1 fully saturated rings. The first-order valence-corrected chi connectivity index (χ1v) is 16.9. The number of halogens is 3. The number of alkyl halides is 3. The van der Waals surface area contributed by atoms with Gasteiger partial charge >= 0.3 is 17.0 Å². The molecule has 1 saturated heterocycles. The largest absolute Gasteiger partial charge is 0.464 e. The normalized spacial score (nSPS) is 14.5. The number of hydrogen-bond acceptors (Lipinski definition) is 6. The van der Waals surface area contributed by atoms with Gasteiger partial charge in [0.25, 0.3) is 0 Å². The molecule has 43 heavy (non-hydrogen) atoms. The van der Waals surface area contributed by atoms with E-state index in [2.05, 4.69) is 11.8 Å². The molecular formula is C32H48F3N3O4S. The van der Waals surface area contributed by atoms with E-state index in [1.807, 2.05) is 0 Å². The second-order valence-electron chi connectivity index (χ2n) is 11.6. The van der Waals surface area contributed by atoms with E-state index in [-0.39, 0.29) is 23.9 Å². The van der Waals surface area contributed by atoms with Gasteiger partial charge in [0, 0.05) is 39.1 Å². The zero-order chi connectivity index (χ0) is 31.1. The van der Waals surface area contributed by atoms with Crippen LogP contribution in [-0.4, -0.2) is 65.6 Å². The van der Waals surface area contributed by atoms with Gasteiger partial charge in [0.05, 0.1) is 15.8 Å². The van der Waals surface area contributed by atoms with Crippen LogP contribution >= 0.6 is 11.3 Å². The van der Waals surface area contributed by atoms with Gasteiger partial charge in [0.1, 0.15) is 13.2 Å². The maximum absolute atomic E-state index is 13.2. The van der Waals surface area contributed by atoms with Crippen molar-refractivity contribution >= 4 is 33.4 Å². The van der Waals surface area contributed by atoms with Gasteiger partial charge in [-0.1, -0.05) is 95.3 Å². The molecule has 0 radical (unpaired) electrons. The second kappa shape index (κ2) is 18.4. The molecule has 3 rings (SSSR count). The Bertz CT molecular complexity index is 1190. The van der Waals surface area contributed by atoms with Crippen molar-refractivity contribution in [2.45, 2.75) is 110 Å². The van der Waals surface area contributed by atoms with Crippen molar-refractivity contribution in [3.63, 3.8) is 0 Å². The van der Waals surface area contributed by atoms with Crippen LogP contribution in [0.2, 0.25) is 0 Å². The maximum atomic E-state index is 13.2. The minimum Gasteiger partial charge on any atom is -0.464 e. The first kappa shape index (κ1) is 35.1. The molecule has 0 bridgehead atoms. The third-order valence-electron chi connectivity index (χ3n) is 8.17. The lowest BCUT2D eigenvalue weighted by Crippen LogP contribution is -2.50. The van der Waals surface area contributed by atoms with Crippen LogP contribution in [0.3, 0.4) is 0 Å². The fourth-order valence-corrected chi connectivity index (χ4v) is 6.36. The van der Waals surface area contributed by atoms with Gasteiger partial charge in [-0.2, -0.15) is 13.2 Å². The topological polar surface area (TPSA) is 71.8 Å². The van der Waals surface area contributed by atoms with E-state index >= 15 is 0 Å². The SMILES string of the molecule is CCCCCCCCCCCCCCCC(=O)OCCN1CCN(C(=O)Cn2c(=O)sc3ccc(C(F)(F)F)cc32)CC1. The highest BCUT2D eigenvalue weighted by atomic mass is 32.1. The van der Waals surface area contributed by atoms with Crippen molar-refractivity contribution in [3.05, 3.63) is 33.4 Å². The lowest BCUT2D eigenvalue weighted by Gasteiger charge is -2.34. The van der Waals surface area contributed by atoms with E-state index < -0.39 is 16.6 Å². The van der Waals surface area contributed by atoms with Gasteiger partial charge < -0.3 is 9.64 Å². The average Bonchev–Trinajstić information content (AvgIpc) is 3.29. The van der Waals surface area contributed by atoms with Crippen LogP contribution < -0.4 is 4.87 Å². The predicted molar refractivity (Wildman–Crippen MR) is 165 cm³/mol. The number of amides is 1. The summed E-state index contributed by atoms with van der Waals surface area (Å²) in [7, 11) is 0. The maximum Gasteiger partial charge on any atom is 0.416 e. The average molecular weight is 628 g/mol. The smallest absolute Gasteiger partial charge is 0.416 e. The number of hydrogen-bond donors (Lipinski definition) is 0. The number of unbranched alkanes of at least 4 members (excludes halogenated alkanes) is 12. The molecule has 2 aromatic rings. The highest BCUT2D eigenvalue weighted by Crippen LogP contribution is 2.32. The number of rotatable bonds is 19. The molecule has 0 N–H and O–H groups in total. The third-order valence-corrected chi connectivity index (χ3v) is 9.13. The predicted octanol–water partition coefficient (Wildman–Crippen LogP) is 7.25. The Morgan fingerprint density at radius 3 is 2.02 bits per heavy atom. The van der Waals surface area contributed by atoms with Crippen LogP contribution in [0.25, 0.3) is 10.2 Å². The molecule has 1 amide bonds. The van der Waals surface area contributed by atoms with Crippen LogP contribution in [0.5, 0.6) is 0 Å². The Hall–Kier alpha value is -2.40. The van der Waals surface area contributed by atoms with Crippen LogP contribution in [-0.2, 0) is 27.0 Å². The van der Waals surface area contributed by atoms with Crippen LogP contribution in [0.15, 0.2) is 23.0 Å². The van der Waals surface area contributed by atoms with E-state index in [0.717, 1.165) is 40.9 Å². The van der Waals surface area contributed by atoms with E-state index in [4.69, 9.17) is 4.74 Å². The first-order valence-electron chi connectivity index (χ1n) is 16.1. The van der Waals surface area contributed by atoms with Gasteiger partial charge in [0.15, 0.2) is 0 Å². The third kappa shape index (κ3) is 12.3. The minimum atomic E-state index is -4.53. The summed E-state index contributed by atoms with van der Waals surface area (Å²) < 4.78 is 46.4. The number of carbonyl (C=O) groups is 2. The van der Waals surface area contributed by atoms with Gasteiger partial charge in [-0.3, -0.25) is 23.9 Å². The second-order valence-corrected chi connectivity index (χ2v) is 12.6.